The summed E-state index contributed by atoms with van der Waals surface area (Å²) in [5, 5.41) is 4.58. The first kappa shape index (κ1) is 18.7. The van der Waals surface area contributed by atoms with Gasteiger partial charge in [0.1, 0.15) is 22.4 Å². The lowest BCUT2D eigenvalue weighted by molar-refractivity contribution is -0.118. The smallest absolute Gasteiger partial charge is 0.410 e. The molecule has 0 unspecified atom stereocenters. The Bertz CT molecular complexity index is 962. The molecular weight excluding hydrogens is 382 g/mol. The van der Waals surface area contributed by atoms with E-state index in [-0.39, 0.29) is 34.9 Å². The van der Waals surface area contributed by atoms with Crippen molar-refractivity contribution in [2.75, 3.05) is 24.1 Å². The molecule has 1 aliphatic carbocycles. The maximum atomic E-state index is 12.6. The van der Waals surface area contributed by atoms with Crippen molar-refractivity contribution in [1.82, 2.24) is 14.9 Å². The van der Waals surface area contributed by atoms with E-state index in [0.29, 0.717) is 30.1 Å². The van der Waals surface area contributed by atoms with E-state index in [1.54, 1.807) is 23.2 Å². The Morgan fingerprint density at radius 3 is 2.61 bits per heavy atom. The monoisotopic (exact) mass is 403 g/mol. The normalized spacial score (nSPS) is 23.4. The first-order chi connectivity index (χ1) is 13.1. The zero-order valence-electron chi connectivity index (χ0n) is 15.9. The number of nitrogens with one attached hydrogen (secondary N) is 1. The molecule has 2 aromatic rings. The highest BCUT2D eigenvalue weighted by Gasteiger charge is 2.60. The third kappa shape index (κ3) is 3.56. The molecule has 0 aromatic carbocycles. The minimum absolute atomic E-state index is 0.0844. The molecule has 1 aliphatic heterocycles. The largest absolute Gasteiger partial charge is 0.444 e. The third-order valence-electron chi connectivity index (χ3n) is 5.11. The molecule has 2 aromatic heterocycles. The Morgan fingerprint density at radius 2 is 1.96 bits per heavy atom. The number of halogens is 1. The predicted molar refractivity (Wildman–Crippen MR) is 106 cm³/mol. The van der Waals surface area contributed by atoms with Gasteiger partial charge >= 0.3 is 6.09 Å². The molecule has 2 amide bonds. The number of carbonyl (C=O) groups excluding carboxylic acids is 2. The predicted octanol–water partition coefficient (Wildman–Crippen LogP) is 2.92. The van der Waals surface area contributed by atoms with Crippen LogP contribution in [0.3, 0.4) is 0 Å². The van der Waals surface area contributed by atoms with Crippen LogP contribution in [0, 0.1) is 17.8 Å². The van der Waals surface area contributed by atoms with Crippen molar-refractivity contribution in [3.05, 3.63) is 23.5 Å². The number of amides is 2. The zero-order chi connectivity index (χ0) is 20.2. The van der Waals surface area contributed by atoms with Crippen LogP contribution in [0.15, 0.2) is 18.3 Å². The van der Waals surface area contributed by atoms with Gasteiger partial charge in [-0.05, 0) is 50.1 Å². The number of carbonyl (C=O) groups is 2. The van der Waals surface area contributed by atoms with Gasteiger partial charge in [0.15, 0.2) is 0 Å². The summed E-state index contributed by atoms with van der Waals surface area (Å²) in [6.07, 6.45) is 1.25. The van der Waals surface area contributed by atoms with Gasteiger partial charge < -0.3 is 20.7 Å². The number of likely N-dealkylation sites (tertiary alicyclic amines) is 1. The number of hydrogen-bond acceptors (Lipinski definition) is 6. The Hall–Kier alpha value is -2.61. The van der Waals surface area contributed by atoms with Gasteiger partial charge in [0, 0.05) is 30.6 Å². The van der Waals surface area contributed by atoms with E-state index in [0.717, 1.165) is 5.39 Å². The maximum Gasteiger partial charge on any atom is 0.410 e. The summed E-state index contributed by atoms with van der Waals surface area (Å²) in [7, 11) is 0. The average molecular weight is 404 g/mol. The van der Waals surface area contributed by atoms with E-state index in [9.17, 15) is 9.59 Å². The fourth-order valence-electron chi connectivity index (χ4n) is 3.81. The number of nitrogens with two attached hydrogens (primary N) is 1. The first-order valence-corrected chi connectivity index (χ1v) is 9.51. The molecule has 9 heteroatoms. The lowest BCUT2D eigenvalue weighted by Gasteiger charge is -2.25. The second kappa shape index (κ2) is 6.48. The van der Waals surface area contributed by atoms with Crippen molar-refractivity contribution in [1.29, 1.82) is 0 Å². The molecular formula is C19H22ClN5O3. The van der Waals surface area contributed by atoms with Crippen LogP contribution in [0.1, 0.15) is 20.8 Å². The van der Waals surface area contributed by atoms with Gasteiger partial charge in [-0.2, -0.15) is 0 Å². The zero-order valence-corrected chi connectivity index (χ0v) is 16.7. The van der Waals surface area contributed by atoms with Crippen molar-refractivity contribution < 1.29 is 14.3 Å². The second-order valence-electron chi connectivity index (χ2n) is 8.35. The van der Waals surface area contributed by atoms with E-state index in [1.807, 2.05) is 20.8 Å². The number of nitrogens with zero attached hydrogens (tertiary/aromatic N) is 3. The lowest BCUT2D eigenvalue weighted by Crippen LogP contribution is -2.38. The SMILES string of the molecule is CC(C)(C)OC(=O)N1C[C@@H]2[C@H](C1)[C@H]2C(=O)Nc1cc2cc(Cl)nc(N)c2cn1. The highest BCUT2D eigenvalue weighted by Crippen LogP contribution is 2.52. The van der Waals surface area contributed by atoms with Crippen LogP contribution in [0.25, 0.3) is 10.8 Å². The number of anilines is 2. The van der Waals surface area contributed by atoms with Crippen molar-refractivity contribution in [2.45, 2.75) is 26.4 Å². The van der Waals surface area contributed by atoms with Gasteiger partial charge in [-0.3, -0.25) is 4.79 Å². The minimum Gasteiger partial charge on any atom is -0.444 e. The summed E-state index contributed by atoms with van der Waals surface area (Å²) in [6, 6.07) is 3.40. The minimum atomic E-state index is -0.524. The highest BCUT2D eigenvalue weighted by atomic mass is 35.5. The Balaban J connectivity index is 1.38. The molecule has 3 heterocycles. The van der Waals surface area contributed by atoms with Gasteiger partial charge in [0.2, 0.25) is 5.91 Å². The van der Waals surface area contributed by atoms with E-state index in [2.05, 4.69) is 15.3 Å². The van der Waals surface area contributed by atoms with Crippen LogP contribution in [0.2, 0.25) is 5.15 Å². The summed E-state index contributed by atoms with van der Waals surface area (Å²) in [4.78, 5) is 34.7. The number of ether oxygens (including phenoxy) is 1. The summed E-state index contributed by atoms with van der Waals surface area (Å²) in [6.45, 7) is 6.60. The molecule has 2 aliphatic rings. The van der Waals surface area contributed by atoms with E-state index in [4.69, 9.17) is 22.1 Å². The van der Waals surface area contributed by atoms with Gasteiger partial charge in [0.25, 0.3) is 0 Å². The van der Waals surface area contributed by atoms with Crippen molar-refractivity contribution in [3.8, 4) is 0 Å². The molecule has 0 radical (unpaired) electrons. The number of piperidine rings is 1. The number of nitrogen functional groups attached to an aromatic ring is 1. The van der Waals surface area contributed by atoms with Crippen LogP contribution >= 0.6 is 11.6 Å². The summed E-state index contributed by atoms with van der Waals surface area (Å²) in [5.41, 5.74) is 5.32. The highest BCUT2D eigenvalue weighted by molar-refractivity contribution is 6.30. The number of aromatic nitrogens is 2. The first-order valence-electron chi connectivity index (χ1n) is 9.13. The average Bonchev–Trinajstić information content (AvgIpc) is 3.07. The number of hydrogen-bond donors (Lipinski definition) is 2. The molecule has 3 atom stereocenters. The van der Waals surface area contributed by atoms with Crippen molar-refractivity contribution in [2.24, 2.45) is 17.8 Å². The van der Waals surface area contributed by atoms with Crippen LogP contribution in [0.5, 0.6) is 0 Å². The topological polar surface area (TPSA) is 110 Å². The summed E-state index contributed by atoms with van der Waals surface area (Å²) < 4.78 is 5.39. The molecule has 4 rings (SSSR count). The van der Waals surface area contributed by atoms with E-state index >= 15 is 0 Å². The number of pyridine rings is 2. The van der Waals surface area contributed by atoms with E-state index < -0.39 is 5.60 Å². The van der Waals surface area contributed by atoms with Gasteiger partial charge in [0.05, 0.1) is 0 Å². The number of rotatable bonds is 2. The third-order valence-corrected chi connectivity index (χ3v) is 5.31. The molecule has 28 heavy (non-hydrogen) atoms. The van der Waals surface area contributed by atoms with E-state index in [1.165, 1.54) is 0 Å². The molecule has 1 saturated carbocycles. The van der Waals surface area contributed by atoms with Crippen LogP contribution in [0.4, 0.5) is 16.4 Å². The lowest BCUT2D eigenvalue weighted by atomic mass is 10.2. The van der Waals surface area contributed by atoms with Crippen LogP contribution in [-0.4, -0.2) is 45.6 Å². The second-order valence-corrected chi connectivity index (χ2v) is 8.74. The van der Waals surface area contributed by atoms with Gasteiger partial charge in [-0.25, -0.2) is 14.8 Å². The van der Waals surface area contributed by atoms with Crippen molar-refractivity contribution >= 4 is 46.0 Å². The fraction of sp³-hybridized carbons (Fsp3) is 0.474. The Kier molecular flexibility index (Phi) is 4.33. The van der Waals surface area contributed by atoms with Crippen LogP contribution < -0.4 is 11.1 Å². The molecule has 8 nitrogen and oxygen atoms in total. The fourth-order valence-corrected chi connectivity index (χ4v) is 4.02. The molecule has 0 bridgehead atoms. The molecule has 3 N–H and O–H groups in total. The molecule has 1 saturated heterocycles. The van der Waals surface area contributed by atoms with Gasteiger partial charge in [-0.1, -0.05) is 11.6 Å². The molecule has 2 fully saturated rings. The summed E-state index contributed by atoms with van der Waals surface area (Å²) >= 11 is 5.95. The Labute approximate surface area is 167 Å². The van der Waals surface area contributed by atoms with Gasteiger partial charge in [-0.15, -0.1) is 0 Å². The number of fused-ring (bicyclic) bond motifs is 2. The molecule has 0 spiro atoms. The van der Waals surface area contributed by atoms with Crippen LogP contribution in [-0.2, 0) is 9.53 Å². The Morgan fingerprint density at radius 1 is 1.29 bits per heavy atom. The summed E-state index contributed by atoms with van der Waals surface area (Å²) in [5.74, 6) is 0.880. The standard InChI is InChI=1S/C19H22ClN5O3/c1-19(2,3)28-18(27)25-7-11-12(8-25)15(11)17(26)24-14-5-9-4-13(20)23-16(21)10(9)6-22-14/h4-6,11-12,15H,7-8H2,1-3H3,(H2,21,23)(H,22,24,26)/t11-,12+,15+. The van der Waals surface area contributed by atoms with Crippen molar-refractivity contribution in [3.63, 3.8) is 0 Å². The quantitative estimate of drug-likeness (QED) is 0.746. The maximum absolute atomic E-state index is 12.6. The molecule has 148 valence electrons.